The summed E-state index contributed by atoms with van der Waals surface area (Å²) in [5.74, 6) is -3.77. The molecule has 4 atom stereocenters. The maximum Gasteiger partial charge on any atom is 0.326 e. The molecule has 4 amide bonds. The van der Waals surface area contributed by atoms with Crippen molar-refractivity contribution in [3.8, 4) is 0 Å². The lowest BCUT2D eigenvalue weighted by Gasteiger charge is -2.27. The number of aliphatic carboxylic acids is 1. The van der Waals surface area contributed by atoms with Crippen LogP contribution in [0.1, 0.15) is 67.2 Å². The van der Waals surface area contributed by atoms with Gasteiger partial charge in [-0.05, 0) is 37.0 Å². The van der Waals surface area contributed by atoms with E-state index in [4.69, 9.17) is 11.5 Å². The Morgan fingerprint density at radius 3 is 1.45 bits per heavy atom. The second-order valence-electron chi connectivity index (χ2n) is 9.56. The van der Waals surface area contributed by atoms with Gasteiger partial charge in [-0.2, -0.15) is 0 Å². The summed E-state index contributed by atoms with van der Waals surface area (Å²) in [6.45, 7) is 11.1. The number of nitrogens with two attached hydrogens (primary N) is 2. The summed E-state index contributed by atoms with van der Waals surface area (Å²) in [4.78, 5) is 60.7. The van der Waals surface area contributed by atoms with Crippen LogP contribution >= 0.6 is 0 Å². The minimum Gasteiger partial charge on any atom is -0.480 e. The fourth-order valence-corrected chi connectivity index (χ4v) is 3.07. The van der Waals surface area contributed by atoms with Gasteiger partial charge in [-0.25, -0.2) is 4.79 Å². The average molecular weight is 472 g/mol. The maximum atomic E-state index is 13.0. The van der Waals surface area contributed by atoms with Crippen LogP contribution in [-0.4, -0.2) is 58.9 Å². The van der Waals surface area contributed by atoms with E-state index in [-0.39, 0.29) is 37.0 Å². The van der Waals surface area contributed by atoms with Gasteiger partial charge in [-0.15, -0.1) is 0 Å². The van der Waals surface area contributed by atoms with Crippen LogP contribution in [0.2, 0.25) is 0 Å². The molecule has 0 aromatic carbocycles. The van der Waals surface area contributed by atoms with E-state index in [1.807, 2.05) is 27.7 Å². The molecule has 0 saturated carbocycles. The number of rotatable bonds is 15. The largest absolute Gasteiger partial charge is 0.480 e. The highest BCUT2D eigenvalue weighted by Gasteiger charge is 2.31. The highest BCUT2D eigenvalue weighted by atomic mass is 16.4. The summed E-state index contributed by atoms with van der Waals surface area (Å²) < 4.78 is 0. The van der Waals surface area contributed by atoms with Gasteiger partial charge in [0.05, 0.1) is 6.04 Å². The van der Waals surface area contributed by atoms with E-state index in [0.717, 1.165) is 0 Å². The number of carbonyl (C=O) groups excluding carboxylic acids is 4. The van der Waals surface area contributed by atoms with E-state index >= 15 is 0 Å². The Morgan fingerprint density at radius 1 is 0.727 bits per heavy atom. The van der Waals surface area contributed by atoms with Gasteiger partial charge in [0.15, 0.2) is 0 Å². The van der Waals surface area contributed by atoms with Crippen molar-refractivity contribution in [3.05, 3.63) is 0 Å². The van der Waals surface area contributed by atoms with E-state index in [0.29, 0.717) is 6.42 Å². The lowest BCUT2D eigenvalue weighted by molar-refractivity contribution is -0.142. The van der Waals surface area contributed by atoms with Crippen molar-refractivity contribution in [1.82, 2.24) is 16.0 Å². The number of carboxylic acid groups (broad SMARTS) is 1. The van der Waals surface area contributed by atoms with Gasteiger partial charge in [0.1, 0.15) is 18.1 Å². The third kappa shape index (κ3) is 12.2. The molecule has 0 aromatic rings. The summed E-state index contributed by atoms with van der Waals surface area (Å²) >= 11 is 0. The predicted octanol–water partition coefficient (Wildman–Crippen LogP) is -0.134. The molecule has 0 aliphatic carbocycles. The van der Waals surface area contributed by atoms with Gasteiger partial charge in [0, 0.05) is 6.42 Å². The normalized spacial score (nSPS) is 15.0. The van der Waals surface area contributed by atoms with Crippen molar-refractivity contribution in [1.29, 1.82) is 0 Å². The molecule has 0 aliphatic heterocycles. The SMILES string of the molecule is CC(C)CC(NC(=O)C(CC(C)C)NC(=O)C(N)C(C)C)C(=O)NC(CCC(N)=O)C(=O)O. The molecule has 11 nitrogen and oxygen atoms in total. The Kier molecular flexibility index (Phi) is 13.3. The van der Waals surface area contributed by atoms with Crippen molar-refractivity contribution in [2.45, 2.75) is 91.4 Å². The summed E-state index contributed by atoms with van der Waals surface area (Å²) in [6.07, 6.45) is 0.192. The molecule has 0 spiro atoms. The summed E-state index contributed by atoms with van der Waals surface area (Å²) in [7, 11) is 0. The van der Waals surface area contributed by atoms with Crippen LogP contribution in [0.5, 0.6) is 0 Å². The zero-order valence-corrected chi connectivity index (χ0v) is 20.5. The molecule has 190 valence electrons. The van der Waals surface area contributed by atoms with Gasteiger partial charge in [-0.3, -0.25) is 19.2 Å². The summed E-state index contributed by atoms with van der Waals surface area (Å²) in [6, 6.07) is -4.05. The van der Waals surface area contributed by atoms with Crippen molar-refractivity contribution in [2.75, 3.05) is 0 Å². The monoisotopic (exact) mass is 471 g/mol. The van der Waals surface area contributed by atoms with Crippen molar-refractivity contribution in [2.24, 2.45) is 29.2 Å². The average Bonchev–Trinajstić information content (AvgIpc) is 2.67. The molecule has 0 saturated heterocycles. The fraction of sp³-hybridized carbons (Fsp3) is 0.773. The van der Waals surface area contributed by atoms with Gasteiger partial charge in [0.25, 0.3) is 0 Å². The molecule has 0 rings (SSSR count). The summed E-state index contributed by atoms with van der Waals surface area (Å²) in [5.41, 5.74) is 11.0. The van der Waals surface area contributed by atoms with Crippen LogP contribution < -0.4 is 27.4 Å². The van der Waals surface area contributed by atoms with Crippen molar-refractivity contribution >= 4 is 29.6 Å². The highest BCUT2D eigenvalue weighted by Crippen LogP contribution is 2.10. The second-order valence-corrected chi connectivity index (χ2v) is 9.56. The van der Waals surface area contributed by atoms with Crippen LogP contribution in [-0.2, 0) is 24.0 Å². The lowest BCUT2D eigenvalue weighted by atomic mass is 9.98. The number of hydrogen-bond donors (Lipinski definition) is 6. The quantitative estimate of drug-likeness (QED) is 0.191. The fourth-order valence-electron chi connectivity index (χ4n) is 3.07. The predicted molar refractivity (Wildman–Crippen MR) is 124 cm³/mol. The van der Waals surface area contributed by atoms with E-state index in [1.54, 1.807) is 13.8 Å². The molecule has 0 heterocycles. The first-order valence-electron chi connectivity index (χ1n) is 11.3. The second kappa shape index (κ2) is 14.5. The van der Waals surface area contributed by atoms with Crippen LogP contribution in [0, 0.1) is 17.8 Å². The van der Waals surface area contributed by atoms with E-state index in [2.05, 4.69) is 16.0 Å². The van der Waals surface area contributed by atoms with Crippen LogP contribution in [0.3, 0.4) is 0 Å². The standard InChI is InChI=1S/C22H41N5O6/c1-11(2)9-15(19(29)25-14(22(32)33)7-8-17(23)28)26-20(30)16(10-12(3)4)27-21(31)18(24)13(5)6/h11-16,18H,7-10,24H2,1-6H3,(H2,23,28)(H,25,29)(H,26,30)(H,27,31)(H,32,33). The molecule has 8 N–H and O–H groups in total. The third-order valence-electron chi connectivity index (χ3n) is 5.00. The van der Waals surface area contributed by atoms with Crippen molar-refractivity contribution < 1.29 is 29.1 Å². The molecule has 11 heteroatoms. The van der Waals surface area contributed by atoms with E-state index < -0.39 is 53.8 Å². The molecule has 0 aromatic heterocycles. The first kappa shape index (κ1) is 30.3. The maximum absolute atomic E-state index is 13.0. The number of carboxylic acids is 1. The zero-order chi connectivity index (χ0) is 25.9. The highest BCUT2D eigenvalue weighted by molar-refractivity contribution is 5.94. The van der Waals surface area contributed by atoms with Crippen LogP contribution in [0.25, 0.3) is 0 Å². The molecular formula is C22H41N5O6. The Bertz CT molecular complexity index is 695. The molecule has 33 heavy (non-hydrogen) atoms. The van der Waals surface area contributed by atoms with Gasteiger partial charge < -0.3 is 32.5 Å². The molecule has 4 unspecified atom stereocenters. The Balaban J connectivity index is 5.52. The minimum absolute atomic E-state index is 0.00227. The lowest BCUT2D eigenvalue weighted by Crippen LogP contribution is -2.58. The molecule has 0 radical (unpaired) electrons. The topological polar surface area (TPSA) is 194 Å². The number of carbonyl (C=O) groups is 5. The smallest absolute Gasteiger partial charge is 0.326 e. The number of hydrogen-bond acceptors (Lipinski definition) is 6. The molecular weight excluding hydrogens is 430 g/mol. The Morgan fingerprint density at radius 2 is 1.12 bits per heavy atom. The molecule has 0 bridgehead atoms. The van der Waals surface area contributed by atoms with Gasteiger partial charge in [-0.1, -0.05) is 41.5 Å². The van der Waals surface area contributed by atoms with E-state index in [9.17, 15) is 29.1 Å². The summed E-state index contributed by atoms with van der Waals surface area (Å²) in [5, 5.41) is 17.0. The molecule has 0 fully saturated rings. The third-order valence-corrected chi connectivity index (χ3v) is 5.00. The Labute approximate surface area is 195 Å². The van der Waals surface area contributed by atoms with Crippen LogP contribution in [0.15, 0.2) is 0 Å². The minimum atomic E-state index is -1.33. The van der Waals surface area contributed by atoms with E-state index in [1.165, 1.54) is 0 Å². The number of amides is 4. The van der Waals surface area contributed by atoms with Crippen LogP contribution in [0.4, 0.5) is 0 Å². The number of nitrogens with one attached hydrogen (secondary N) is 3. The first-order valence-corrected chi connectivity index (χ1v) is 11.3. The van der Waals surface area contributed by atoms with Gasteiger partial charge in [0.2, 0.25) is 23.6 Å². The number of primary amides is 1. The zero-order valence-electron chi connectivity index (χ0n) is 20.5. The van der Waals surface area contributed by atoms with Gasteiger partial charge >= 0.3 is 5.97 Å². The molecule has 0 aliphatic rings. The first-order chi connectivity index (χ1) is 15.1. The van der Waals surface area contributed by atoms with Crippen molar-refractivity contribution in [3.63, 3.8) is 0 Å². The Hall–Kier alpha value is -2.69.